The van der Waals surface area contributed by atoms with Gasteiger partial charge in [0.05, 0.1) is 0 Å². The van der Waals surface area contributed by atoms with E-state index in [1.165, 1.54) is 11.1 Å². The second-order valence-corrected chi connectivity index (χ2v) is 4.25. The highest BCUT2D eigenvalue weighted by molar-refractivity contribution is 5.23. The number of benzene rings is 1. The van der Waals surface area contributed by atoms with Crippen molar-refractivity contribution in [3.63, 3.8) is 0 Å². The molecule has 0 aliphatic carbocycles. The number of nitrogens with zero attached hydrogens (tertiary/aromatic N) is 2. The van der Waals surface area contributed by atoms with E-state index in [1.807, 2.05) is 19.4 Å². The minimum absolute atomic E-state index is 0.650. The number of nitrogens with one attached hydrogen (secondary N) is 2. The molecule has 18 heavy (non-hydrogen) atoms. The Balaban J connectivity index is 1.82. The van der Waals surface area contributed by atoms with Crippen molar-refractivity contribution in [2.24, 2.45) is 0 Å². The number of aromatic nitrogens is 2. The van der Waals surface area contributed by atoms with Crippen molar-refractivity contribution in [3.8, 4) is 0 Å². The zero-order chi connectivity index (χ0) is 12.8. The van der Waals surface area contributed by atoms with E-state index < -0.39 is 0 Å². The van der Waals surface area contributed by atoms with Crippen molar-refractivity contribution in [1.82, 2.24) is 15.3 Å². The van der Waals surface area contributed by atoms with Crippen LogP contribution in [0.2, 0.25) is 0 Å². The Morgan fingerprint density at radius 3 is 2.17 bits per heavy atom. The first kappa shape index (κ1) is 12.5. The second kappa shape index (κ2) is 6.12. The summed E-state index contributed by atoms with van der Waals surface area (Å²) in [5.41, 5.74) is 3.66. The van der Waals surface area contributed by atoms with Gasteiger partial charge in [0.25, 0.3) is 0 Å². The van der Waals surface area contributed by atoms with Crippen molar-refractivity contribution < 1.29 is 0 Å². The van der Waals surface area contributed by atoms with Gasteiger partial charge in [-0.15, -0.1) is 0 Å². The van der Waals surface area contributed by atoms with Gasteiger partial charge in [-0.05, 0) is 12.5 Å². The van der Waals surface area contributed by atoms with Crippen LogP contribution in [0.3, 0.4) is 0 Å². The molecule has 0 atom stereocenters. The zero-order valence-corrected chi connectivity index (χ0v) is 10.8. The van der Waals surface area contributed by atoms with Gasteiger partial charge in [-0.1, -0.05) is 29.8 Å². The molecule has 1 heterocycles. The van der Waals surface area contributed by atoms with Crippen molar-refractivity contribution >= 4 is 5.95 Å². The first-order valence-corrected chi connectivity index (χ1v) is 6.03. The van der Waals surface area contributed by atoms with Crippen molar-refractivity contribution in [2.75, 3.05) is 12.4 Å². The van der Waals surface area contributed by atoms with Crippen molar-refractivity contribution in [1.29, 1.82) is 0 Å². The van der Waals surface area contributed by atoms with Crippen LogP contribution < -0.4 is 10.6 Å². The molecular weight excluding hydrogens is 224 g/mol. The molecule has 0 radical (unpaired) electrons. The molecule has 94 valence electrons. The Morgan fingerprint density at radius 1 is 0.944 bits per heavy atom. The van der Waals surface area contributed by atoms with E-state index in [2.05, 4.69) is 51.8 Å². The average molecular weight is 242 g/mol. The molecule has 0 aliphatic heterocycles. The Kier molecular flexibility index (Phi) is 4.25. The second-order valence-electron chi connectivity index (χ2n) is 4.25. The maximum absolute atomic E-state index is 4.17. The molecule has 0 amide bonds. The summed E-state index contributed by atoms with van der Waals surface area (Å²) >= 11 is 0. The minimum atomic E-state index is 0.650. The summed E-state index contributed by atoms with van der Waals surface area (Å²) in [6.07, 6.45) is 3.67. The molecule has 2 N–H and O–H groups in total. The van der Waals surface area contributed by atoms with Gasteiger partial charge in [0.1, 0.15) is 0 Å². The predicted octanol–water partition coefficient (Wildman–Crippen LogP) is 2.12. The largest absolute Gasteiger partial charge is 0.357 e. The Hall–Kier alpha value is -1.94. The lowest BCUT2D eigenvalue weighted by atomic mass is 10.1. The van der Waals surface area contributed by atoms with Crippen LogP contribution >= 0.6 is 0 Å². The lowest BCUT2D eigenvalue weighted by molar-refractivity contribution is 0.689. The molecule has 0 saturated heterocycles. The van der Waals surface area contributed by atoms with E-state index in [-0.39, 0.29) is 0 Å². The highest BCUT2D eigenvalue weighted by Crippen LogP contribution is 2.03. The number of hydrogen-bond donors (Lipinski definition) is 2. The molecule has 2 rings (SSSR count). The Morgan fingerprint density at radius 2 is 1.56 bits per heavy atom. The maximum atomic E-state index is 4.17. The van der Waals surface area contributed by atoms with E-state index in [0.29, 0.717) is 5.95 Å². The molecule has 0 saturated carbocycles. The number of hydrogen-bond acceptors (Lipinski definition) is 4. The summed E-state index contributed by atoms with van der Waals surface area (Å²) in [5, 5.41) is 6.27. The fraction of sp³-hybridized carbons (Fsp3) is 0.286. The van der Waals surface area contributed by atoms with Gasteiger partial charge in [0.2, 0.25) is 5.95 Å². The van der Waals surface area contributed by atoms with Crippen LogP contribution in [-0.2, 0) is 13.1 Å². The summed E-state index contributed by atoms with van der Waals surface area (Å²) in [6.45, 7) is 3.73. The molecule has 0 spiro atoms. The molecule has 0 bridgehead atoms. The van der Waals surface area contributed by atoms with Crippen molar-refractivity contribution in [3.05, 3.63) is 53.3 Å². The molecule has 2 aromatic rings. The summed E-state index contributed by atoms with van der Waals surface area (Å²) in [7, 11) is 1.81. The Bertz CT molecular complexity index is 476. The van der Waals surface area contributed by atoms with Crippen LogP contribution in [0, 0.1) is 6.92 Å². The summed E-state index contributed by atoms with van der Waals surface area (Å²) in [5.74, 6) is 0.650. The maximum Gasteiger partial charge on any atom is 0.222 e. The fourth-order valence-electron chi connectivity index (χ4n) is 1.63. The molecule has 0 fully saturated rings. The van der Waals surface area contributed by atoms with E-state index in [0.717, 1.165) is 18.7 Å². The lowest BCUT2D eigenvalue weighted by Gasteiger charge is -2.05. The quantitative estimate of drug-likeness (QED) is 0.843. The van der Waals surface area contributed by atoms with Gasteiger partial charge >= 0.3 is 0 Å². The first-order chi connectivity index (χ1) is 8.78. The van der Waals surface area contributed by atoms with E-state index in [9.17, 15) is 0 Å². The van der Waals surface area contributed by atoms with Crippen LogP contribution in [0.4, 0.5) is 5.95 Å². The van der Waals surface area contributed by atoms with Crippen LogP contribution in [0.15, 0.2) is 36.7 Å². The van der Waals surface area contributed by atoms with E-state index in [1.54, 1.807) is 0 Å². The van der Waals surface area contributed by atoms with Crippen molar-refractivity contribution in [2.45, 2.75) is 20.0 Å². The number of anilines is 1. The Labute approximate surface area is 107 Å². The van der Waals surface area contributed by atoms with Gasteiger partial charge in [0.15, 0.2) is 0 Å². The minimum Gasteiger partial charge on any atom is -0.357 e. The molecular formula is C14H18N4. The third-order valence-electron chi connectivity index (χ3n) is 2.71. The number of aryl methyl sites for hydroxylation is 1. The zero-order valence-electron chi connectivity index (χ0n) is 10.8. The van der Waals surface area contributed by atoms with E-state index in [4.69, 9.17) is 0 Å². The average Bonchev–Trinajstić information content (AvgIpc) is 2.42. The van der Waals surface area contributed by atoms with Crippen LogP contribution in [0.25, 0.3) is 0 Å². The highest BCUT2D eigenvalue weighted by atomic mass is 15.1. The molecule has 4 heteroatoms. The third-order valence-corrected chi connectivity index (χ3v) is 2.71. The van der Waals surface area contributed by atoms with Gasteiger partial charge < -0.3 is 10.6 Å². The van der Waals surface area contributed by atoms with Gasteiger partial charge in [-0.25, -0.2) is 9.97 Å². The smallest absolute Gasteiger partial charge is 0.222 e. The topological polar surface area (TPSA) is 49.8 Å². The third kappa shape index (κ3) is 3.53. The highest BCUT2D eigenvalue weighted by Gasteiger charge is 1.96. The SMILES string of the molecule is CNc1ncc(CNCc2ccc(C)cc2)cn1. The first-order valence-electron chi connectivity index (χ1n) is 6.03. The molecule has 0 aliphatic rings. The van der Waals surface area contributed by atoms with Gasteiger partial charge in [0, 0.05) is 38.1 Å². The van der Waals surface area contributed by atoms with Crippen LogP contribution in [-0.4, -0.2) is 17.0 Å². The molecule has 4 nitrogen and oxygen atoms in total. The lowest BCUT2D eigenvalue weighted by Crippen LogP contribution is -2.13. The normalized spacial score (nSPS) is 10.3. The van der Waals surface area contributed by atoms with Crippen LogP contribution in [0.5, 0.6) is 0 Å². The van der Waals surface area contributed by atoms with E-state index >= 15 is 0 Å². The monoisotopic (exact) mass is 242 g/mol. The van der Waals surface area contributed by atoms with Crippen LogP contribution in [0.1, 0.15) is 16.7 Å². The standard InChI is InChI=1S/C14H18N4/c1-11-3-5-12(6-4-11)7-16-8-13-9-17-14(15-2)18-10-13/h3-6,9-10,16H,7-8H2,1-2H3,(H,15,17,18). The fourth-order valence-corrected chi connectivity index (χ4v) is 1.63. The van der Waals surface area contributed by atoms with Gasteiger partial charge in [-0.3, -0.25) is 0 Å². The summed E-state index contributed by atoms with van der Waals surface area (Å²) in [4.78, 5) is 8.34. The summed E-state index contributed by atoms with van der Waals surface area (Å²) < 4.78 is 0. The predicted molar refractivity (Wildman–Crippen MR) is 73.3 cm³/mol. The summed E-state index contributed by atoms with van der Waals surface area (Å²) in [6, 6.07) is 8.54. The number of rotatable bonds is 5. The molecule has 1 aromatic heterocycles. The molecule has 1 aromatic carbocycles. The van der Waals surface area contributed by atoms with Gasteiger partial charge in [-0.2, -0.15) is 0 Å². The molecule has 0 unspecified atom stereocenters.